The quantitative estimate of drug-likeness (QED) is 0.376. The summed E-state index contributed by atoms with van der Waals surface area (Å²) in [5, 5.41) is 15.8. The van der Waals surface area contributed by atoms with Gasteiger partial charge in [-0.05, 0) is 36.6 Å². The molecule has 0 fully saturated rings. The Morgan fingerprint density at radius 3 is 2.85 bits per heavy atom. The van der Waals surface area contributed by atoms with Crippen LogP contribution in [0, 0.1) is 18.3 Å². The molecule has 0 bridgehead atoms. The van der Waals surface area contributed by atoms with Crippen LogP contribution in [0.3, 0.4) is 0 Å². The fourth-order valence-corrected chi connectivity index (χ4v) is 5.42. The van der Waals surface area contributed by atoms with Gasteiger partial charge in [0, 0.05) is 55.3 Å². The van der Waals surface area contributed by atoms with E-state index in [1.807, 2.05) is 47.8 Å². The maximum absolute atomic E-state index is 13.1. The lowest BCUT2D eigenvalue weighted by Crippen LogP contribution is -2.37. The van der Waals surface area contributed by atoms with Crippen LogP contribution in [0.4, 0.5) is 0 Å². The fourth-order valence-electron chi connectivity index (χ4n) is 4.38. The van der Waals surface area contributed by atoms with Crippen molar-refractivity contribution < 1.29 is 9.63 Å². The Kier molecular flexibility index (Phi) is 7.27. The number of rotatable bonds is 7. The fraction of sp³-hybridized carbons (Fsp3) is 0.346. The largest absolute Gasteiger partial charge is 0.333 e. The predicted molar refractivity (Wildman–Crippen MR) is 133 cm³/mol. The molecule has 3 aromatic rings. The number of aromatic nitrogens is 2. The molecule has 1 amide bonds. The van der Waals surface area contributed by atoms with E-state index < -0.39 is 0 Å². The zero-order valence-corrected chi connectivity index (χ0v) is 20.8. The van der Waals surface area contributed by atoms with Gasteiger partial charge in [-0.1, -0.05) is 30.3 Å². The lowest BCUT2D eigenvalue weighted by atomic mass is 9.84. The third kappa shape index (κ3) is 4.82. The normalized spacial score (nSPS) is 15.6. The highest BCUT2D eigenvalue weighted by atomic mass is 32.1. The Labute approximate surface area is 204 Å². The number of hydrogen-bond donors (Lipinski definition) is 0. The third-order valence-electron chi connectivity index (χ3n) is 6.21. The third-order valence-corrected chi connectivity index (χ3v) is 7.25. The van der Waals surface area contributed by atoms with E-state index in [-0.39, 0.29) is 11.8 Å². The number of aryl methyl sites for hydroxylation is 2. The maximum Gasteiger partial charge on any atom is 0.246 e. The minimum atomic E-state index is -0.0421. The van der Waals surface area contributed by atoms with E-state index in [2.05, 4.69) is 36.4 Å². The van der Waals surface area contributed by atoms with E-state index in [0.29, 0.717) is 24.5 Å². The summed E-state index contributed by atoms with van der Waals surface area (Å²) in [5.41, 5.74) is 5.48. The highest BCUT2D eigenvalue weighted by Crippen LogP contribution is 2.42. The Hall–Kier alpha value is -3.25. The van der Waals surface area contributed by atoms with Crippen molar-refractivity contribution in [3.63, 3.8) is 0 Å². The highest BCUT2D eigenvalue weighted by Gasteiger charge is 2.32. The Morgan fingerprint density at radius 1 is 1.35 bits per heavy atom. The van der Waals surface area contributed by atoms with E-state index in [4.69, 9.17) is 4.84 Å². The molecule has 7 nitrogen and oxygen atoms in total. The van der Waals surface area contributed by atoms with Crippen molar-refractivity contribution in [1.82, 2.24) is 19.7 Å². The number of amides is 1. The van der Waals surface area contributed by atoms with Gasteiger partial charge in [-0.2, -0.15) is 15.4 Å². The minimum absolute atomic E-state index is 0.0262. The summed E-state index contributed by atoms with van der Waals surface area (Å²) in [6, 6.07) is 12.6. The molecule has 1 aliphatic heterocycles. The molecule has 0 saturated carbocycles. The highest BCUT2D eigenvalue weighted by molar-refractivity contribution is 7.12. The first-order chi connectivity index (χ1) is 16.4. The van der Waals surface area contributed by atoms with Crippen molar-refractivity contribution in [2.24, 2.45) is 0 Å². The van der Waals surface area contributed by atoms with Crippen LogP contribution in [-0.4, -0.2) is 52.9 Å². The van der Waals surface area contributed by atoms with Gasteiger partial charge in [-0.25, -0.2) is 0 Å². The molecule has 0 spiro atoms. The molecular weight excluding hydrogens is 446 g/mol. The standard InChI is InChI=1S/C26H29N5O2S/c1-5-31-16-23(18(2)28-31)20-9-6-7-10-21(20)24-15-30(26(32)11-8-12-29(3)33-4)17-25-22(24)13-19(14-27)34-25/h6-11,13,16,24H,5,12,15,17H2,1-4H3/b11-8+/t24-/m0/s1. The summed E-state index contributed by atoms with van der Waals surface area (Å²) in [7, 11) is 3.41. The number of benzene rings is 1. The van der Waals surface area contributed by atoms with E-state index in [1.54, 1.807) is 18.2 Å². The number of thiophene rings is 1. The minimum Gasteiger partial charge on any atom is -0.333 e. The van der Waals surface area contributed by atoms with E-state index >= 15 is 0 Å². The van der Waals surface area contributed by atoms with Crippen molar-refractivity contribution in [1.29, 1.82) is 5.26 Å². The van der Waals surface area contributed by atoms with E-state index in [1.165, 1.54) is 11.3 Å². The van der Waals surface area contributed by atoms with Gasteiger partial charge in [0.2, 0.25) is 5.91 Å². The summed E-state index contributed by atoms with van der Waals surface area (Å²) in [5.74, 6) is -0.0683. The van der Waals surface area contributed by atoms with Crippen molar-refractivity contribution in [3.05, 3.63) is 75.3 Å². The zero-order valence-electron chi connectivity index (χ0n) is 20.0. The second kappa shape index (κ2) is 10.3. The van der Waals surface area contributed by atoms with Crippen LogP contribution >= 0.6 is 11.3 Å². The van der Waals surface area contributed by atoms with Gasteiger partial charge in [-0.15, -0.1) is 11.3 Å². The van der Waals surface area contributed by atoms with Gasteiger partial charge in [0.05, 0.1) is 19.3 Å². The summed E-state index contributed by atoms with van der Waals surface area (Å²) in [6.45, 7) is 6.49. The second-order valence-corrected chi connectivity index (χ2v) is 9.48. The molecule has 8 heteroatoms. The van der Waals surface area contributed by atoms with Crippen molar-refractivity contribution in [2.75, 3.05) is 27.2 Å². The number of hydroxylamine groups is 2. The number of nitrogens with zero attached hydrogens (tertiary/aromatic N) is 5. The molecule has 1 atom stereocenters. The molecule has 1 aromatic carbocycles. The van der Waals surface area contributed by atoms with Gasteiger partial charge < -0.3 is 9.74 Å². The van der Waals surface area contributed by atoms with Crippen LogP contribution in [0.1, 0.15) is 39.4 Å². The topological polar surface area (TPSA) is 74.4 Å². The summed E-state index contributed by atoms with van der Waals surface area (Å²) >= 11 is 1.48. The van der Waals surface area contributed by atoms with Crippen molar-refractivity contribution in [2.45, 2.75) is 32.9 Å². The number of hydrogen-bond acceptors (Lipinski definition) is 6. The zero-order chi connectivity index (χ0) is 24.2. The van der Waals surface area contributed by atoms with Crippen LogP contribution in [-0.2, 0) is 22.7 Å². The molecule has 0 radical (unpaired) electrons. The molecule has 176 valence electrons. The average Bonchev–Trinajstić information content (AvgIpc) is 3.45. The first kappa shape index (κ1) is 23.9. The van der Waals surface area contributed by atoms with E-state index in [9.17, 15) is 10.1 Å². The lowest BCUT2D eigenvalue weighted by molar-refractivity contribution is -0.127. The molecule has 2 aromatic heterocycles. The number of likely N-dealkylation sites (N-methyl/N-ethyl adjacent to an activating group) is 1. The molecule has 0 saturated heterocycles. The van der Waals surface area contributed by atoms with Gasteiger partial charge in [-0.3, -0.25) is 9.48 Å². The SMILES string of the molecule is CCn1cc(-c2ccccc2[C@@H]2CN(C(=O)/C=C/CN(C)OC)Cc3sc(C#N)cc32)c(C)n1. The number of carbonyl (C=O) groups excluding carboxylic acids is 1. The van der Waals surface area contributed by atoms with Gasteiger partial charge in [0.25, 0.3) is 0 Å². The van der Waals surface area contributed by atoms with Crippen molar-refractivity contribution in [3.8, 4) is 17.2 Å². The van der Waals surface area contributed by atoms with Crippen LogP contribution in [0.2, 0.25) is 0 Å². The van der Waals surface area contributed by atoms with Crippen LogP contribution in [0.5, 0.6) is 0 Å². The molecule has 4 rings (SSSR count). The molecule has 3 heterocycles. The molecule has 0 N–H and O–H groups in total. The molecular formula is C26H29N5O2S. The van der Waals surface area contributed by atoms with Crippen molar-refractivity contribution >= 4 is 17.2 Å². The first-order valence-electron chi connectivity index (χ1n) is 11.3. The first-order valence-corrected chi connectivity index (χ1v) is 12.1. The molecule has 34 heavy (non-hydrogen) atoms. The number of fused-ring (bicyclic) bond motifs is 1. The molecule has 1 aliphatic rings. The summed E-state index contributed by atoms with van der Waals surface area (Å²) in [6.07, 6.45) is 5.50. The van der Waals surface area contributed by atoms with E-state index in [0.717, 1.165) is 39.4 Å². The summed E-state index contributed by atoms with van der Waals surface area (Å²) in [4.78, 5) is 21.8. The Balaban J connectivity index is 1.73. The smallest absolute Gasteiger partial charge is 0.246 e. The van der Waals surface area contributed by atoms with Crippen LogP contribution in [0.25, 0.3) is 11.1 Å². The maximum atomic E-state index is 13.1. The van der Waals surface area contributed by atoms with Crippen LogP contribution in [0.15, 0.2) is 48.7 Å². The van der Waals surface area contributed by atoms with Crippen LogP contribution < -0.4 is 0 Å². The monoisotopic (exact) mass is 475 g/mol. The predicted octanol–water partition coefficient (Wildman–Crippen LogP) is 4.34. The van der Waals surface area contributed by atoms with Gasteiger partial charge in [0.15, 0.2) is 0 Å². The molecule has 0 aliphatic carbocycles. The molecule has 0 unspecified atom stereocenters. The number of carbonyl (C=O) groups is 1. The second-order valence-electron chi connectivity index (χ2n) is 8.34. The average molecular weight is 476 g/mol. The van der Waals surface area contributed by atoms with Gasteiger partial charge >= 0.3 is 0 Å². The Morgan fingerprint density at radius 2 is 2.15 bits per heavy atom. The van der Waals surface area contributed by atoms with Gasteiger partial charge in [0.1, 0.15) is 10.9 Å². The summed E-state index contributed by atoms with van der Waals surface area (Å²) < 4.78 is 1.95. The lowest BCUT2D eigenvalue weighted by Gasteiger charge is -2.33. The number of nitriles is 1. The Bertz CT molecular complexity index is 1250.